The molecule has 33 heavy (non-hydrogen) atoms. The van der Waals surface area contributed by atoms with Crippen LogP contribution in [0.2, 0.25) is 0 Å². The topological polar surface area (TPSA) is 92.6 Å². The van der Waals surface area contributed by atoms with Gasteiger partial charge in [-0.3, -0.25) is 24.6 Å². The fourth-order valence-electron chi connectivity index (χ4n) is 4.80. The van der Waals surface area contributed by atoms with Crippen LogP contribution in [0.25, 0.3) is 0 Å². The summed E-state index contributed by atoms with van der Waals surface area (Å²) < 4.78 is 0. The van der Waals surface area contributed by atoms with E-state index < -0.39 is 11.0 Å². The number of allylic oxidation sites excluding steroid dienone is 1. The summed E-state index contributed by atoms with van der Waals surface area (Å²) in [5.41, 5.74) is 3.29. The van der Waals surface area contributed by atoms with Gasteiger partial charge in [-0.15, -0.1) is 0 Å². The Bertz CT molecular complexity index is 1150. The number of anilines is 2. The molecular formula is C26H29N3O4. The Kier molecular flexibility index (Phi) is 5.82. The second kappa shape index (κ2) is 8.46. The first kappa shape index (κ1) is 22.7. The molecule has 0 bridgehead atoms. The summed E-state index contributed by atoms with van der Waals surface area (Å²) >= 11 is 0. The summed E-state index contributed by atoms with van der Waals surface area (Å²) in [6, 6.07) is 13.1. The van der Waals surface area contributed by atoms with Gasteiger partial charge in [-0.2, -0.15) is 0 Å². The van der Waals surface area contributed by atoms with E-state index in [1.54, 1.807) is 17.0 Å². The molecule has 0 aromatic heterocycles. The van der Waals surface area contributed by atoms with Gasteiger partial charge in [-0.05, 0) is 47.6 Å². The van der Waals surface area contributed by atoms with Crippen LogP contribution in [0.15, 0.2) is 59.8 Å². The van der Waals surface area contributed by atoms with Crippen LogP contribution in [0.5, 0.6) is 0 Å². The van der Waals surface area contributed by atoms with Crippen LogP contribution in [0.4, 0.5) is 17.1 Å². The lowest BCUT2D eigenvalue weighted by molar-refractivity contribution is -0.384. The van der Waals surface area contributed by atoms with Gasteiger partial charge in [0.15, 0.2) is 5.78 Å². The fraction of sp³-hybridized carbons (Fsp3) is 0.385. The van der Waals surface area contributed by atoms with Gasteiger partial charge in [-0.1, -0.05) is 39.8 Å². The number of nitro groups is 1. The first-order valence-electron chi connectivity index (χ1n) is 11.3. The molecule has 1 atom stereocenters. The van der Waals surface area contributed by atoms with Crippen molar-refractivity contribution in [2.45, 2.75) is 53.0 Å². The molecule has 1 unspecified atom stereocenters. The third-order valence-electron chi connectivity index (χ3n) is 6.17. The number of amides is 1. The molecule has 1 amide bonds. The molecule has 0 saturated heterocycles. The van der Waals surface area contributed by atoms with Crippen molar-refractivity contribution in [2.24, 2.45) is 11.3 Å². The normalized spacial score (nSPS) is 19.5. The molecule has 1 N–H and O–H groups in total. The zero-order chi connectivity index (χ0) is 23.9. The number of rotatable bonds is 4. The molecule has 172 valence electrons. The second-order valence-corrected chi connectivity index (χ2v) is 10.1. The maximum atomic E-state index is 13.6. The summed E-state index contributed by atoms with van der Waals surface area (Å²) in [5.74, 6) is 0.0362. The van der Waals surface area contributed by atoms with Crippen molar-refractivity contribution >= 4 is 28.8 Å². The maximum Gasteiger partial charge on any atom is 0.269 e. The number of nitro benzene ring substituents is 1. The number of carbonyl (C=O) groups is 2. The van der Waals surface area contributed by atoms with Crippen molar-refractivity contribution in [3.05, 3.63) is 75.5 Å². The lowest BCUT2D eigenvalue weighted by Gasteiger charge is -2.37. The maximum absolute atomic E-state index is 13.6. The number of ketones is 1. The average molecular weight is 448 g/mol. The van der Waals surface area contributed by atoms with Crippen molar-refractivity contribution in [2.75, 3.05) is 10.2 Å². The minimum Gasteiger partial charge on any atom is -0.357 e. The van der Waals surface area contributed by atoms with Gasteiger partial charge in [0, 0.05) is 36.2 Å². The van der Waals surface area contributed by atoms with Crippen LogP contribution in [0.1, 0.15) is 58.6 Å². The Morgan fingerprint density at radius 1 is 1.15 bits per heavy atom. The number of hydrogen-bond acceptors (Lipinski definition) is 5. The molecule has 2 aromatic rings. The zero-order valence-electron chi connectivity index (χ0n) is 19.4. The van der Waals surface area contributed by atoms with E-state index >= 15 is 0 Å². The number of benzene rings is 2. The lowest BCUT2D eigenvalue weighted by Crippen LogP contribution is -2.39. The van der Waals surface area contributed by atoms with Crippen molar-refractivity contribution in [1.82, 2.24) is 0 Å². The van der Waals surface area contributed by atoms with Crippen molar-refractivity contribution in [1.29, 1.82) is 0 Å². The molecule has 0 radical (unpaired) electrons. The quantitative estimate of drug-likeness (QED) is 0.473. The van der Waals surface area contributed by atoms with Gasteiger partial charge < -0.3 is 5.32 Å². The molecular weight excluding hydrogens is 418 g/mol. The van der Waals surface area contributed by atoms with Gasteiger partial charge in [-0.25, -0.2) is 0 Å². The largest absolute Gasteiger partial charge is 0.357 e. The number of fused-ring (bicyclic) bond motifs is 1. The van der Waals surface area contributed by atoms with Gasteiger partial charge in [0.1, 0.15) is 0 Å². The van der Waals surface area contributed by atoms with E-state index in [1.807, 2.05) is 38.1 Å². The number of nitrogens with zero attached hydrogens (tertiary/aromatic N) is 2. The van der Waals surface area contributed by atoms with Crippen molar-refractivity contribution < 1.29 is 14.5 Å². The Balaban J connectivity index is 1.97. The Morgan fingerprint density at radius 3 is 2.45 bits per heavy atom. The van der Waals surface area contributed by atoms with Gasteiger partial charge in [0.2, 0.25) is 5.91 Å². The molecule has 1 aliphatic heterocycles. The highest BCUT2D eigenvalue weighted by atomic mass is 16.6. The Hall–Kier alpha value is -3.48. The molecule has 7 heteroatoms. The highest BCUT2D eigenvalue weighted by Gasteiger charge is 2.43. The molecule has 1 aliphatic carbocycles. The number of para-hydroxylation sites is 2. The van der Waals surface area contributed by atoms with E-state index in [0.717, 1.165) is 11.4 Å². The van der Waals surface area contributed by atoms with Crippen LogP contribution < -0.4 is 10.2 Å². The number of hydrogen-bond donors (Lipinski definition) is 1. The molecule has 0 spiro atoms. The van der Waals surface area contributed by atoms with Gasteiger partial charge in [0.05, 0.1) is 22.3 Å². The van der Waals surface area contributed by atoms with E-state index in [1.165, 1.54) is 12.1 Å². The summed E-state index contributed by atoms with van der Waals surface area (Å²) in [6.45, 7) is 8.10. The minimum atomic E-state index is -0.660. The zero-order valence-corrected chi connectivity index (χ0v) is 19.4. The highest BCUT2D eigenvalue weighted by Crippen LogP contribution is 2.48. The lowest BCUT2D eigenvalue weighted by atomic mass is 9.73. The van der Waals surface area contributed by atoms with E-state index in [-0.39, 0.29) is 28.7 Å². The van der Waals surface area contributed by atoms with Crippen LogP contribution in [-0.4, -0.2) is 16.6 Å². The van der Waals surface area contributed by atoms with Crippen LogP contribution in [0, 0.1) is 21.4 Å². The summed E-state index contributed by atoms with van der Waals surface area (Å²) in [6.07, 6.45) is 1.36. The van der Waals surface area contributed by atoms with E-state index in [2.05, 4.69) is 19.2 Å². The predicted octanol–water partition coefficient (Wildman–Crippen LogP) is 5.78. The van der Waals surface area contributed by atoms with E-state index in [4.69, 9.17) is 0 Å². The van der Waals surface area contributed by atoms with Crippen molar-refractivity contribution in [3.63, 3.8) is 0 Å². The molecule has 2 aromatic carbocycles. The summed E-state index contributed by atoms with van der Waals surface area (Å²) in [4.78, 5) is 39.7. The molecule has 4 rings (SSSR count). The second-order valence-electron chi connectivity index (χ2n) is 10.1. The number of nitrogens with one attached hydrogen (secondary N) is 1. The average Bonchev–Trinajstić information content (AvgIpc) is 2.86. The molecule has 7 nitrogen and oxygen atoms in total. The molecule has 1 heterocycles. The third-order valence-corrected chi connectivity index (χ3v) is 6.17. The third kappa shape index (κ3) is 4.40. The standard InChI is InChI=1S/C26H29N3O4/c1-16(2)13-23(31)28-21-8-6-5-7-19(21)27-20-14-26(3,4)15-22(30)24(20)25(28)17-9-11-18(12-10-17)29(32)33/h5-12,16,25,27H,13-15H2,1-4H3. The Labute approximate surface area is 193 Å². The Morgan fingerprint density at radius 2 is 1.82 bits per heavy atom. The molecule has 0 fully saturated rings. The van der Waals surface area contributed by atoms with E-state index in [9.17, 15) is 19.7 Å². The highest BCUT2D eigenvalue weighted by molar-refractivity contribution is 6.06. The monoisotopic (exact) mass is 447 g/mol. The summed E-state index contributed by atoms with van der Waals surface area (Å²) in [5, 5.41) is 14.7. The smallest absolute Gasteiger partial charge is 0.269 e. The first-order valence-corrected chi connectivity index (χ1v) is 11.3. The summed E-state index contributed by atoms with van der Waals surface area (Å²) in [7, 11) is 0. The molecule has 2 aliphatic rings. The number of carbonyl (C=O) groups excluding carboxylic acids is 2. The first-order chi connectivity index (χ1) is 15.6. The van der Waals surface area contributed by atoms with E-state index in [0.29, 0.717) is 36.1 Å². The molecule has 0 saturated carbocycles. The van der Waals surface area contributed by atoms with Gasteiger partial charge in [0.25, 0.3) is 5.69 Å². The van der Waals surface area contributed by atoms with Gasteiger partial charge >= 0.3 is 0 Å². The van der Waals surface area contributed by atoms with Crippen LogP contribution >= 0.6 is 0 Å². The van der Waals surface area contributed by atoms with Crippen LogP contribution in [0.3, 0.4) is 0 Å². The number of non-ortho nitro benzene ring substituents is 1. The SMILES string of the molecule is CC(C)CC(=O)N1c2ccccc2NC2=C(C(=O)CC(C)(C)C2)C1c1ccc([N+](=O)[O-])cc1. The number of Topliss-reactive ketones (excluding diaryl/α,β-unsaturated/α-hetero) is 1. The van der Waals surface area contributed by atoms with Crippen LogP contribution in [-0.2, 0) is 9.59 Å². The predicted molar refractivity (Wildman–Crippen MR) is 128 cm³/mol. The van der Waals surface area contributed by atoms with Crippen molar-refractivity contribution in [3.8, 4) is 0 Å². The fourth-order valence-corrected chi connectivity index (χ4v) is 4.80. The minimum absolute atomic E-state index is 0.00717.